The van der Waals surface area contributed by atoms with Gasteiger partial charge in [-0.2, -0.15) is 9.97 Å². The molecule has 14 aromatic rings. The van der Waals surface area contributed by atoms with Crippen molar-refractivity contribution in [2.75, 3.05) is 0 Å². The largest absolute Gasteiger partial charge is 0.307 e. The van der Waals surface area contributed by atoms with E-state index in [0.29, 0.717) is 17.6 Å². The van der Waals surface area contributed by atoms with Gasteiger partial charge in [-0.1, -0.05) is 231 Å². The third-order valence-electron chi connectivity index (χ3n) is 14.4. The molecule has 3 aromatic heterocycles. The Balaban J connectivity index is 1.02. The first-order chi connectivity index (χ1) is 36.7. The maximum atomic E-state index is 5.46. The van der Waals surface area contributed by atoms with Crippen LogP contribution in [-0.2, 0) is 0 Å². The van der Waals surface area contributed by atoms with E-state index < -0.39 is 0 Å². The molecule has 5 nitrogen and oxygen atoms in total. The first kappa shape index (κ1) is 42.9. The fourth-order valence-corrected chi connectivity index (χ4v) is 10.8. The number of para-hydroxylation sites is 2. The first-order valence-electron chi connectivity index (χ1n) is 25.1. The summed E-state index contributed by atoms with van der Waals surface area (Å²) in [7, 11) is 0. The van der Waals surface area contributed by atoms with Crippen molar-refractivity contribution < 1.29 is 0 Å². The van der Waals surface area contributed by atoms with E-state index in [1.807, 2.05) is 24.3 Å². The molecule has 0 fully saturated rings. The minimum atomic E-state index is 0.543. The van der Waals surface area contributed by atoms with Crippen molar-refractivity contribution in [1.29, 1.82) is 0 Å². The van der Waals surface area contributed by atoms with Gasteiger partial charge in [0.1, 0.15) is 0 Å². The topological polar surface area (TPSA) is 48.5 Å². The second-order valence-electron chi connectivity index (χ2n) is 18.8. The van der Waals surface area contributed by atoms with Crippen LogP contribution in [0, 0.1) is 0 Å². The Hall–Kier alpha value is -9.97. The third kappa shape index (κ3) is 7.54. The van der Waals surface area contributed by atoms with Gasteiger partial charge in [0.25, 0.3) is 0 Å². The molecule has 0 bridgehead atoms. The van der Waals surface area contributed by atoms with E-state index in [-0.39, 0.29) is 0 Å². The summed E-state index contributed by atoms with van der Waals surface area (Å²) in [4.78, 5) is 16.1. The summed E-state index contributed by atoms with van der Waals surface area (Å²) in [6.45, 7) is 0. The van der Waals surface area contributed by atoms with Crippen LogP contribution in [0.1, 0.15) is 0 Å². The lowest BCUT2D eigenvalue weighted by atomic mass is 9.94. The highest BCUT2D eigenvalue weighted by molar-refractivity contribution is 6.23. The van der Waals surface area contributed by atoms with Crippen LogP contribution in [-0.4, -0.2) is 24.1 Å². The molecule has 0 aliphatic rings. The Bertz CT molecular complexity index is 4390. The number of benzene rings is 11. The highest BCUT2D eigenvalue weighted by Crippen LogP contribution is 2.43. The van der Waals surface area contributed by atoms with Gasteiger partial charge in [0.15, 0.2) is 11.6 Å². The van der Waals surface area contributed by atoms with Crippen LogP contribution in [0.4, 0.5) is 0 Å². The molecule has 0 amide bonds. The molecule has 0 N–H and O–H groups in total. The molecule has 0 spiro atoms. The van der Waals surface area contributed by atoms with Gasteiger partial charge in [0, 0.05) is 38.4 Å². The van der Waals surface area contributed by atoms with Crippen LogP contribution in [0.5, 0.6) is 0 Å². The number of aromatic nitrogens is 5. The summed E-state index contributed by atoms with van der Waals surface area (Å²) in [6, 6.07) is 97.4. The predicted octanol–water partition coefficient (Wildman–Crippen LogP) is 17.7. The summed E-state index contributed by atoms with van der Waals surface area (Å²) in [6.07, 6.45) is 0. The molecule has 3 heterocycles. The van der Waals surface area contributed by atoms with E-state index in [2.05, 4.69) is 258 Å². The Morgan fingerprint density at radius 2 is 0.568 bits per heavy atom. The van der Waals surface area contributed by atoms with Crippen molar-refractivity contribution in [3.8, 4) is 90.0 Å². The zero-order valence-electron chi connectivity index (χ0n) is 40.2. The minimum Gasteiger partial charge on any atom is -0.307 e. The van der Waals surface area contributed by atoms with Crippen molar-refractivity contribution in [1.82, 2.24) is 24.1 Å². The Morgan fingerprint density at radius 1 is 0.216 bits per heavy atom. The molecule has 74 heavy (non-hydrogen) atoms. The fraction of sp³-hybridized carbons (Fsp3) is 0. The summed E-state index contributed by atoms with van der Waals surface area (Å²) in [5.74, 6) is 1.74. The van der Waals surface area contributed by atoms with Gasteiger partial charge in [-0.15, -0.1) is 0 Å². The van der Waals surface area contributed by atoms with E-state index in [4.69, 9.17) is 15.0 Å². The number of hydrogen-bond acceptors (Lipinski definition) is 3. The standard InChI is InChI=1S/C69H45N5/c1-5-19-46(20-6-1)49-35-37-50(38-36-49)52-27-17-29-54(41-52)57-43-56(48-23-9-3-10-24-48)44-58(45-57)73-63-33-15-13-31-59(63)61-39-40-62-60-32-14-16-34-64(60)74(66(62)65(61)73)69-71-67(51-25-11-4-12-26-51)70-68(72-69)55-30-18-28-53(42-55)47-21-7-2-8-22-47/h1-45H. The average molecular weight is 944 g/mol. The minimum absolute atomic E-state index is 0.543. The molecule has 0 aliphatic heterocycles. The SMILES string of the molecule is c1ccc(-c2ccc(-c3cccc(-c4cc(-c5ccccc5)cc(-n5c6ccccc6c6ccc7c8ccccc8n(-c8nc(-c9ccccc9)nc(-c9cccc(-c%10ccccc%10)c9)n8)c7c65)c4)c3)cc2)cc1. The highest BCUT2D eigenvalue weighted by Gasteiger charge is 2.24. The van der Waals surface area contributed by atoms with Gasteiger partial charge in [-0.25, -0.2) is 4.98 Å². The van der Waals surface area contributed by atoms with Crippen molar-refractivity contribution in [2.45, 2.75) is 0 Å². The fourth-order valence-electron chi connectivity index (χ4n) is 10.8. The van der Waals surface area contributed by atoms with Crippen LogP contribution in [0.2, 0.25) is 0 Å². The van der Waals surface area contributed by atoms with E-state index in [1.165, 1.54) is 16.7 Å². The lowest BCUT2D eigenvalue weighted by molar-refractivity contribution is 0.953. The van der Waals surface area contributed by atoms with E-state index >= 15 is 0 Å². The average Bonchev–Trinajstić information content (AvgIpc) is 4.02. The molecule has 11 aromatic carbocycles. The second kappa shape index (κ2) is 18.0. The summed E-state index contributed by atoms with van der Waals surface area (Å²) in [5.41, 5.74) is 18.6. The molecule has 0 atom stereocenters. The zero-order valence-corrected chi connectivity index (χ0v) is 40.2. The number of hydrogen-bond donors (Lipinski definition) is 0. The second-order valence-corrected chi connectivity index (χ2v) is 18.8. The number of rotatable bonds is 9. The maximum absolute atomic E-state index is 5.46. The molecule has 0 aliphatic carbocycles. The third-order valence-corrected chi connectivity index (χ3v) is 14.4. The predicted molar refractivity (Wildman–Crippen MR) is 307 cm³/mol. The molecule has 0 saturated carbocycles. The van der Waals surface area contributed by atoms with Gasteiger partial charge in [0.05, 0.1) is 22.1 Å². The molecule has 5 heteroatoms. The maximum Gasteiger partial charge on any atom is 0.238 e. The first-order valence-corrected chi connectivity index (χ1v) is 25.1. The monoisotopic (exact) mass is 943 g/mol. The van der Waals surface area contributed by atoms with E-state index in [9.17, 15) is 0 Å². The number of fused-ring (bicyclic) bond motifs is 7. The van der Waals surface area contributed by atoms with Gasteiger partial charge in [0.2, 0.25) is 5.95 Å². The molecule has 346 valence electrons. The van der Waals surface area contributed by atoms with Crippen LogP contribution >= 0.6 is 0 Å². The normalized spacial score (nSPS) is 11.5. The molecular formula is C69H45N5. The van der Waals surface area contributed by atoms with E-state index in [1.54, 1.807) is 0 Å². The van der Waals surface area contributed by atoms with Crippen molar-refractivity contribution in [3.63, 3.8) is 0 Å². The lowest BCUT2D eigenvalue weighted by Crippen LogP contribution is -2.07. The van der Waals surface area contributed by atoms with Crippen molar-refractivity contribution >= 4 is 43.6 Å². The molecule has 14 rings (SSSR count). The van der Waals surface area contributed by atoms with Crippen LogP contribution in [0.25, 0.3) is 134 Å². The lowest BCUT2D eigenvalue weighted by Gasteiger charge is -2.16. The summed E-state index contributed by atoms with van der Waals surface area (Å²) >= 11 is 0. The van der Waals surface area contributed by atoms with Crippen LogP contribution < -0.4 is 0 Å². The van der Waals surface area contributed by atoms with Crippen molar-refractivity contribution in [3.05, 3.63) is 273 Å². The van der Waals surface area contributed by atoms with Crippen LogP contribution in [0.15, 0.2) is 273 Å². The van der Waals surface area contributed by atoms with Crippen LogP contribution in [0.3, 0.4) is 0 Å². The summed E-state index contributed by atoms with van der Waals surface area (Å²) < 4.78 is 4.74. The molecule has 0 unspecified atom stereocenters. The Kier molecular flexibility index (Phi) is 10.4. The molecule has 0 radical (unpaired) electrons. The summed E-state index contributed by atoms with van der Waals surface area (Å²) in [5, 5.41) is 4.52. The highest BCUT2D eigenvalue weighted by atomic mass is 15.2. The quantitative estimate of drug-likeness (QED) is 0.145. The Morgan fingerprint density at radius 3 is 1.14 bits per heavy atom. The van der Waals surface area contributed by atoms with Gasteiger partial charge >= 0.3 is 0 Å². The zero-order chi connectivity index (χ0) is 49.0. The van der Waals surface area contributed by atoms with E-state index in [0.717, 1.165) is 99.4 Å². The Labute approximate surface area is 428 Å². The van der Waals surface area contributed by atoms with Gasteiger partial charge < -0.3 is 4.57 Å². The molecular weight excluding hydrogens is 899 g/mol. The van der Waals surface area contributed by atoms with Gasteiger partial charge in [-0.3, -0.25) is 4.57 Å². The smallest absolute Gasteiger partial charge is 0.238 e. The van der Waals surface area contributed by atoms with Gasteiger partial charge in [-0.05, 0) is 98.1 Å². The number of nitrogens with zero attached hydrogens (tertiary/aromatic N) is 5. The van der Waals surface area contributed by atoms with Crippen molar-refractivity contribution in [2.24, 2.45) is 0 Å². The molecule has 0 saturated heterocycles.